The lowest BCUT2D eigenvalue weighted by Crippen LogP contribution is -2.04. The Morgan fingerprint density at radius 3 is 2.87 bits per heavy atom. The van der Waals surface area contributed by atoms with Crippen LogP contribution in [0.25, 0.3) is 0 Å². The van der Waals surface area contributed by atoms with E-state index in [-0.39, 0.29) is 17.3 Å². The van der Waals surface area contributed by atoms with E-state index in [1.807, 2.05) is 0 Å². The Kier molecular flexibility index (Phi) is 3.88. The largest absolute Gasteiger partial charge is 0.397 e. The van der Waals surface area contributed by atoms with Gasteiger partial charge < -0.3 is 5.73 Å². The van der Waals surface area contributed by atoms with Crippen molar-refractivity contribution >= 4 is 23.2 Å². The standard InChI is InChI=1S/C8H7Cl2N3O2/c9-7-2-5(3-12-8(7)10)1-6(11)4-13(14)15/h2-4H,1,11H2/b6-4+. The molecule has 0 aliphatic carbocycles. The summed E-state index contributed by atoms with van der Waals surface area (Å²) in [5.74, 6) is 0. The molecular weight excluding hydrogens is 241 g/mol. The van der Waals surface area contributed by atoms with E-state index in [9.17, 15) is 10.1 Å². The summed E-state index contributed by atoms with van der Waals surface area (Å²) in [5.41, 5.74) is 6.20. The fourth-order valence-electron chi connectivity index (χ4n) is 0.974. The molecule has 80 valence electrons. The first kappa shape index (κ1) is 11.7. The van der Waals surface area contributed by atoms with Crippen molar-refractivity contribution in [3.05, 3.63) is 50.0 Å². The Morgan fingerprint density at radius 1 is 1.67 bits per heavy atom. The van der Waals surface area contributed by atoms with Crippen LogP contribution in [0.15, 0.2) is 24.2 Å². The third kappa shape index (κ3) is 3.73. The van der Waals surface area contributed by atoms with E-state index >= 15 is 0 Å². The van der Waals surface area contributed by atoms with Crippen molar-refractivity contribution in [1.82, 2.24) is 4.98 Å². The SMILES string of the molecule is N/C(=C/[N+](=O)[O-])Cc1cnc(Cl)c(Cl)c1. The molecular formula is C8H7Cl2N3O2. The number of hydrogen-bond acceptors (Lipinski definition) is 4. The molecule has 0 amide bonds. The van der Waals surface area contributed by atoms with Gasteiger partial charge in [0.1, 0.15) is 5.15 Å². The third-order valence-electron chi connectivity index (χ3n) is 1.53. The number of nitro groups is 1. The van der Waals surface area contributed by atoms with Crippen LogP contribution >= 0.6 is 23.2 Å². The van der Waals surface area contributed by atoms with E-state index in [2.05, 4.69) is 4.98 Å². The van der Waals surface area contributed by atoms with Gasteiger partial charge in [0.25, 0.3) is 6.20 Å². The Bertz CT molecular complexity index is 420. The Hall–Kier alpha value is -1.33. The topological polar surface area (TPSA) is 82.0 Å². The van der Waals surface area contributed by atoms with Crippen molar-refractivity contribution < 1.29 is 4.92 Å². The third-order valence-corrected chi connectivity index (χ3v) is 2.22. The van der Waals surface area contributed by atoms with Gasteiger partial charge in [0.2, 0.25) is 0 Å². The molecule has 5 nitrogen and oxygen atoms in total. The summed E-state index contributed by atoms with van der Waals surface area (Å²) in [7, 11) is 0. The summed E-state index contributed by atoms with van der Waals surface area (Å²) in [4.78, 5) is 13.3. The molecule has 2 N–H and O–H groups in total. The van der Waals surface area contributed by atoms with Crippen molar-refractivity contribution in [2.24, 2.45) is 5.73 Å². The summed E-state index contributed by atoms with van der Waals surface area (Å²) >= 11 is 11.3. The van der Waals surface area contributed by atoms with E-state index < -0.39 is 4.92 Å². The zero-order chi connectivity index (χ0) is 11.4. The van der Waals surface area contributed by atoms with Crippen LogP contribution in [0.2, 0.25) is 10.2 Å². The molecule has 0 aliphatic rings. The van der Waals surface area contributed by atoms with Crippen LogP contribution in [0.4, 0.5) is 0 Å². The first-order valence-electron chi connectivity index (χ1n) is 3.88. The van der Waals surface area contributed by atoms with Crippen LogP contribution in [0.3, 0.4) is 0 Å². The van der Waals surface area contributed by atoms with Crippen molar-refractivity contribution in [3.8, 4) is 0 Å². The molecule has 7 heteroatoms. The normalized spacial score (nSPS) is 11.5. The van der Waals surface area contributed by atoms with Gasteiger partial charge in [-0.3, -0.25) is 10.1 Å². The summed E-state index contributed by atoms with van der Waals surface area (Å²) in [5, 5.41) is 10.6. The van der Waals surface area contributed by atoms with E-state index in [0.29, 0.717) is 10.6 Å². The summed E-state index contributed by atoms with van der Waals surface area (Å²) in [6, 6.07) is 1.57. The molecule has 0 radical (unpaired) electrons. The van der Waals surface area contributed by atoms with Crippen LogP contribution in [0, 0.1) is 10.1 Å². The molecule has 0 saturated heterocycles. The highest BCUT2D eigenvalue weighted by Gasteiger charge is 2.04. The molecule has 1 heterocycles. The Morgan fingerprint density at radius 2 is 2.33 bits per heavy atom. The number of halogens is 2. The second-order valence-corrected chi connectivity index (χ2v) is 3.55. The van der Waals surface area contributed by atoms with Crippen LogP contribution in [0.5, 0.6) is 0 Å². The average molecular weight is 248 g/mol. The molecule has 15 heavy (non-hydrogen) atoms. The number of nitrogens with zero attached hydrogens (tertiary/aromatic N) is 2. The number of rotatable bonds is 3. The van der Waals surface area contributed by atoms with Crippen LogP contribution in [-0.4, -0.2) is 9.91 Å². The summed E-state index contributed by atoms with van der Waals surface area (Å²) < 4.78 is 0. The smallest absolute Gasteiger partial charge is 0.253 e. The fourth-order valence-corrected chi connectivity index (χ4v) is 1.27. The second-order valence-electron chi connectivity index (χ2n) is 2.78. The maximum absolute atomic E-state index is 10.1. The Balaban J connectivity index is 2.82. The van der Waals surface area contributed by atoms with Crippen molar-refractivity contribution in [2.75, 3.05) is 0 Å². The van der Waals surface area contributed by atoms with E-state index in [4.69, 9.17) is 28.9 Å². The molecule has 1 aromatic heterocycles. The predicted molar refractivity (Wildman–Crippen MR) is 57.2 cm³/mol. The van der Waals surface area contributed by atoms with Gasteiger partial charge in [0.15, 0.2) is 0 Å². The van der Waals surface area contributed by atoms with E-state index in [0.717, 1.165) is 6.20 Å². The Labute approximate surface area is 95.7 Å². The van der Waals surface area contributed by atoms with Gasteiger partial charge in [-0.1, -0.05) is 23.2 Å². The number of nitrogens with two attached hydrogens (primary N) is 1. The highest BCUT2D eigenvalue weighted by Crippen LogP contribution is 2.20. The highest BCUT2D eigenvalue weighted by molar-refractivity contribution is 6.41. The minimum absolute atomic E-state index is 0.125. The van der Waals surface area contributed by atoms with Crippen LogP contribution in [0.1, 0.15) is 5.56 Å². The lowest BCUT2D eigenvalue weighted by molar-refractivity contribution is -0.403. The molecule has 0 atom stereocenters. The monoisotopic (exact) mass is 247 g/mol. The lowest BCUT2D eigenvalue weighted by Gasteiger charge is -2.00. The summed E-state index contributed by atoms with van der Waals surface area (Å²) in [6.45, 7) is 0. The highest BCUT2D eigenvalue weighted by atomic mass is 35.5. The number of aromatic nitrogens is 1. The maximum atomic E-state index is 10.1. The predicted octanol–water partition coefficient (Wildman–Crippen LogP) is 2.01. The maximum Gasteiger partial charge on any atom is 0.253 e. The minimum atomic E-state index is -0.611. The molecule has 1 aromatic rings. The van der Waals surface area contributed by atoms with Crippen molar-refractivity contribution in [1.29, 1.82) is 0 Å². The molecule has 0 bridgehead atoms. The molecule has 0 saturated carbocycles. The number of allylic oxidation sites excluding steroid dienone is 1. The lowest BCUT2D eigenvalue weighted by atomic mass is 10.2. The molecule has 0 aliphatic heterocycles. The van der Waals surface area contributed by atoms with Gasteiger partial charge in [0, 0.05) is 12.6 Å². The van der Waals surface area contributed by atoms with E-state index in [1.165, 1.54) is 6.20 Å². The van der Waals surface area contributed by atoms with Crippen molar-refractivity contribution in [2.45, 2.75) is 6.42 Å². The number of pyridine rings is 1. The quantitative estimate of drug-likeness (QED) is 0.503. The second kappa shape index (κ2) is 4.95. The van der Waals surface area contributed by atoms with Gasteiger partial charge in [-0.15, -0.1) is 0 Å². The molecule has 0 spiro atoms. The zero-order valence-electron chi connectivity index (χ0n) is 7.48. The van der Waals surface area contributed by atoms with Gasteiger partial charge in [-0.25, -0.2) is 4.98 Å². The van der Waals surface area contributed by atoms with Crippen LogP contribution in [-0.2, 0) is 6.42 Å². The molecule has 0 fully saturated rings. The molecule has 0 unspecified atom stereocenters. The van der Waals surface area contributed by atoms with Gasteiger partial charge >= 0.3 is 0 Å². The average Bonchev–Trinajstić information content (AvgIpc) is 2.10. The number of hydrogen-bond donors (Lipinski definition) is 1. The summed E-state index contributed by atoms with van der Waals surface area (Å²) in [6.07, 6.45) is 2.42. The zero-order valence-corrected chi connectivity index (χ0v) is 9.00. The van der Waals surface area contributed by atoms with E-state index in [1.54, 1.807) is 6.07 Å². The van der Waals surface area contributed by atoms with Gasteiger partial charge in [-0.2, -0.15) is 0 Å². The fraction of sp³-hybridized carbons (Fsp3) is 0.125. The first-order chi connectivity index (χ1) is 6.99. The molecule has 0 aromatic carbocycles. The van der Waals surface area contributed by atoms with Gasteiger partial charge in [0.05, 0.1) is 15.6 Å². The first-order valence-corrected chi connectivity index (χ1v) is 4.64. The van der Waals surface area contributed by atoms with Gasteiger partial charge in [-0.05, 0) is 11.6 Å². The van der Waals surface area contributed by atoms with Crippen molar-refractivity contribution in [3.63, 3.8) is 0 Å². The minimum Gasteiger partial charge on any atom is -0.397 e. The van der Waals surface area contributed by atoms with Crippen LogP contribution < -0.4 is 5.73 Å². The molecule has 1 rings (SSSR count).